The molecular weight excluding hydrogens is 1380 g/mol. The Kier molecular flexibility index (Phi) is 76.9. The highest BCUT2D eigenvalue weighted by molar-refractivity contribution is 7.47. The zero-order valence-corrected chi connectivity index (χ0v) is 71.5. The Balaban J connectivity index is 5.24. The largest absolute Gasteiger partial charge is 0.472 e. The van der Waals surface area contributed by atoms with Gasteiger partial charge in [0.2, 0.25) is 0 Å². The number of phosphoric ester groups is 2. The highest BCUT2D eigenvalue weighted by Crippen LogP contribution is 2.45. The van der Waals surface area contributed by atoms with E-state index in [1.165, 1.54) is 283 Å². The van der Waals surface area contributed by atoms with E-state index >= 15 is 0 Å². The smallest absolute Gasteiger partial charge is 0.462 e. The molecule has 0 amide bonds. The van der Waals surface area contributed by atoms with E-state index < -0.39 is 97.5 Å². The molecule has 2 unspecified atom stereocenters. The molecule has 0 radical (unpaired) electrons. The van der Waals surface area contributed by atoms with Crippen molar-refractivity contribution in [1.29, 1.82) is 0 Å². The molecule has 0 saturated carbocycles. The first-order valence-corrected chi connectivity index (χ1v) is 48.0. The lowest BCUT2D eigenvalue weighted by atomic mass is 10.0. The maximum Gasteiger partial charge on any atom is 0.472 e. The lowest BCUT2D eigenvalue weighted by Gasteiger charge is -2.21. The molecule has 0 aliphatic heterocycles. The maximum atomic E-state index is 13.2. The molecule has 0 fully saturated rings. The van der Waals surface area contributed by atoms with Crippen LogP contribution in [0.3, 0.4) is 0 Å². The summed E-state index contributed by atoms with van der Waals surface area (Å²) < 4.78 is 68.9. The first kappa shape index (κ1) is 104. The van der Waals surface area contributed by atoms with Gasteiger partial charge in [-0.2, -0.15) is 0 Å². The number of hydrogen-bond acceptors (Lipinski definition) is 15. The van der Waals surface area contributed by atoms with Crippen molar-refractivity contribution >= 4 is 39.5 Å². The van der Waals surface area contributed by atoms with Crippen molar-refractivity contribution in [1.82, 2.24) is 0 Å². The monoisotopic (exact) mass is 1550 g/mol. The second-order valence-corrected chi connectivity index (χ2v) is 35.1. The van der Waals surface area contributed by atoms with Gasteiger partial charge in [0.1, 0.15) is 19.3 Å². The topological polar surface area (TPSA) is 237 Å². The van der Waals surface area contributed by atoms with Gasteiger partial charge in [0, 0.05) is 25.7 Å². The molecule has 17 nitrogen and oxygen atoms in total. The molecule has 0 aliphatic rings. The van der Waals surface area contributed by atoms with Crippen LogP contribution in [0.5, 0.6) is 0 Å². The predicted molar refractivity (Wildman–Crippen MR) is 437 cm³/mol. The Morgan fingerprint density at radius 1 is 0.255 bits per heavy atom. The zero-order valence-electron chi connectivity index (χ0n) is 69.7. The van der Waals surface area contributed by atoms with Crippen LogP contribution in [0.4, 0.5) is 0 Å². The van der Waals surface area contributed by atoms with Crippen molar-refractivity contribution in [2.24, 2.45) is 11.8 Å². The van der Waals surface area contributed by atoms with Crippen LogP contribution in [-0.2, 0) is 65.4 Å². The number of rotatable bonds is 86. The Morgan fingerprint density at radius 2 is 0.434 bits per heavy atom. The van der Waals surface area contributed by atoms with E-state index in [4.69, 9.17) is 37.0 Å². The molecular formula is C87H170O17P2. The van der Waals surface area contributed by atoms with Gasteiger partial charge < -0.3 is 33.8 Å². The Morgan fingerprint density at radius 3 is 0.642 bits per heavy atom. The average Bonchev–Trinajstić information content (AvgIpc) is 0.974. The predicted octanol–water partition coefficient (Wildman–Crippen LogP) is 26.6. The average molecular weight is 1550 g/mol. The lowest BCUT2D eigenvalue weighted by Crippen LogP contribution is -2.30. The summed E-state index contributed by atoms with van der Waals surface area (Å²) in [5.41, 5.74) is 0. The number of carbonyl (C=O) groups is 4. The van der Waals surface area contributed by atoms with Gasteiger partial charge in [0.15, 0.2) is 12.2 Å². The highest BCUT2D eigenvalue weighted by atomic mass is 31.2. The van der Waals surface area contributed by atoms with Crippen molar-refractivity contribution in [3.8, 4) is 0 Å². The van der Waals surface area contributed by atoms with Crippen LogP contribution >= 0.6 is 15.6 Å². The van der Waals surface area contributed by atoms with E-state index in [0.29, 0.717) is 25.7 Å². The summed E-state index contributed by atoms with van der Waals surface area (Å²) in [7, 11) is -9.93. The number of carbonyl (C=O) groups excluding carboxylic acids is 4. The quantitative estimate of drug-likeness (QED) is 0.0222. The fourth-order valence-electron chi connectivity index (χ4n) is 13.6. The summed E-state index contributed by atoms with van der Waals surface area (Å²) >= 11 is 0. The number of phosphoric acid groups is 2. The fraction of sp³-hybridized carbons (Fsp3) is 0.954. The molecule has 0 aliphatic carbocycles. The second kappa shape index (κ2) is 78.3. The summed E-state index contributed by atoms with van der Waals surface area (Å²) in [6, 6.07) is 0. The van der Waals surface area contributed by atoms with Crippen LogP contribution in [0, 0.1) is 11.8 Å². The summed E-state index contributed by atoms with van der Waals surface area (Å²) in [4.78, 5) is 73.3. The van der Waals surface area contributed by atoms with Crippen molar-refractivity contribution in [2.45, 2.75) is 484 Å². The number of hydrogen-bond donors (Lipinski definition) is 3. The highest BCUT2D eigenvalue weighted by Gasteiger charge is 2.30. The number of aliphatic hydroxyl groups excluding tert-OH is 1. The van der Waals surface area contributed by atoms with Crippen LogP contribution in [0.25, 0.3) is 0 Å². The van der Waals surface area contributed by atoms with Crippen molar-refractivity contribution in [3.05, 3.63) is 0 Å². The van der Waals surface area contributed by atoms with Gasteiger partial charge in [-0.1, -0.05) is 414 Å². The molecule has 106 heavy (non-hydrogen) atoms. The van der Waals surface area contributed by atoms with Crippen molar-refractivity contribution < 1.29 is 80.2 Å². The van der Waals surface area contributed by atoms with Crippen LogP contribution in [0.15, 0.2) is 0 Å². The van der Waals surface area contributed by atoms with E-state index in [9.17, 15) is 43.2 Å². The van der Waals surface area contributed by atoms with Crippen molar-refractivity contribution in [2.75, 3.05) is 39.6 Å². The SMILES string of the molecule is CCCCCCCCCCCCCCCCCCCCCCCCC(=O)O[C@H](COC(=O)CCCCCCCCCCCCCCCCCCC)COP(=O)(O)OC[C@@H](O)COP(=O)(O)OC[C@@H](COC(=O)CCCCCCCCCCCC(C)C)OC(=O)CCCCCCCCCCCCCCC(C)C. The van der Waals surface area contributed by atoms with Gasteiger partial charge in [-0.05, 0) is 37.5 Å². The van der Waals surface area contributed by atoms with E-state index in [1.54, 1.807) is 0 Å². The minimum Gasteiger partial charge on any atom is -0.462 e. The molecule has 0 heterocycles. The first-order chi connectivity index (χ1) is 51.4. The summed E-state index contributed by atoms with van der Waals surface area (Å²) in [5.74, 6) is -0.581. The Bertz CT molecular complexity index is 2030. The van der Waals surface area contributed by atoms with Crippen LogP contribution in [0.1, 0.15) is 465 Å². The minimum atomic E-state index is -4.97. The van der Waals surface area contributed by atoms with E-state index in [0.717, 1.165) is 102 Å². The molecule has 630 valence electrons. The van der Waals surface area contributed by atoms with Crippen LogP contribution in [0.2, 0.25) is 0 Å². The third-order valence-electron chi connectivity index (χ3n) is 20.5. The van der Waals surface area contributed by atoms with Gasteiger partial charge in [0.25, 0.3) is 0 Å². The number of ether oxygens (including phenoxy) is 4. The van der Waals surface area contributed by atoms with E-state index in [1.807, 2.05) is 0 Å². The summed E-state index contributed by atoms with van der Waals surface area (Å²) in [6.45, 7) is 9.67. The third-order valence-corrected chi connectivity index (χ3v) is 22.4. The van der Waals surface area contributed by atoms with Gasteiger partial charge in [-0.15, -0.1) is 0 Å². The molecule has 0 aromatic heterocycles. The third kappa shape index (κ3) is 80.1. The Labute approximate surface area is 651 Å². The maximum absolute atomic E-state index is 13.2. The standard InChI is InChI=1S/C87H170O17P2/c1-7-9-11-13-15-17-19-21-23-25-26-27-28-29-31-33-35-40-46-53-59-65-71-86(91)103-82(75-97-84(89)69-63-57-51-45-39-34-32-30-24-22-20-18-16-14-12-10-8-2)77-101-105(93,94)99-73-81(88)74-100-106(95,96)102-78-83(76-98-85(90)70-64-58-52-48-42-44-50-56-62-68-80(5)6)104-87(92)72-66-60-54-47-41-37-36-38-43-49-55-61-67-79(3)4/h79-83,88H,7-78H2,1-6H3,(H,93,94)(H,95,96)/t81-,82-,83-/m1/s1. The number of unbranched alkanes of at least 4 members (excludes halogenated alkanes) is 56. The number of esters is 4. The molecule has 0 aromatic rings. The normalized spacial score (nSPS) is 13.8. The number of aliphatic hydroxyl groups is 1. The molecule has 0 aromatic carbocycles. The first-order valence-electron chi connectivity index (χ1n) is 45.0. The molecule has 0 saturated heterocycles. The minimum absolute atomic E-state index is 0.107. The van der Waals surface area contributed by atoms with Gasteiger partial charge in [-0.3, -0.25) is 37.3 Å². The fourth-order valence-corrected chi connectivity index (χ4v) is 15.2. The molecule has 0 bridgehead atoms. The van der Waals surface area contributed by atoms with Gasteiger partial charge >= 0.3 is 39.5 Å². The summed E-state index contributed by atoms with van der Waals surface area (Å²) in [6.07, 6.45) is 70.9. The molecule has 0 spiro atoms. The van der Waals surface area contributed by atoms with Gasteiger partial charge in [-0.25, -0.2) is 9.13 Å². The van der Waals surface area contributed by atoms with E-state index in [2.05, 4.69) is 41.5 Å². The molecule has 19 heteroatoms. The zero-order chi connectivity index (χ0) is 77.8. The molecule has 5 atom stereocenters. The summed E-state index contributed by atoms with van der Waals surface area (Å²) in [5, 5.41) is 10.7. The second-order valence-electron chi connectivity index (χ2n) is 32.2. The van der Waals surface area contributed by atoms with Crippen molar-refractivity contribution in [3.63, 3.8) is 0 Å². The molecule has 3 N–H and O–H groups in total. The van der Waals surface area contributed by atoms with Gasteiger partial charge in [0.05, 0.1) is 26.4 Å². The van der Waals surface area contributed by atoms with Crippen LogP contribution in [-0.4, -0.2) is 96.7 Å². The Hall–Kier alpha value is -1.94. The van der Waals surface area contributed by atoms with E-state index in [-0.39, 0.29) is 25.7 Å². The molecule has 0 rings (SSSR count). The lowest BCUT2D eigenvalue weighted by molar-refractivity contribution is -0.161. The van der Waals surface area contributed by atoms with Crippen LogP contribution < -0.4 is 0 Å².